The van der Waals surface area contributed by atoms with E-state index in [1.54, 1.807) is 11.3 Å². The Kier molecular flexibility index (Phi) is 4.09. The van der Waals surface area contributed by atoms with E-state index < -0.39 is 0 Å². The molecule has 0 aliphatic rings. The molecule has 0 amide bonds. The number of aromatic nitrogens is 3. The van der Waals surface area contributed by atoms with Crippen LogP contribution in [-0.4, -0.2) is 21.8 Å². The van der Waals surface area contributed by atoms with Gasteiger partial charge in [0.05, 0.1) is 29.1 Å². The smallest absolute Gasteiger partial charge is 0.150 e. The molecule has 2 rings (SSSR count). The Morgan fingerprint density at radius 1 is 1.47 bits per heavy atom. The minimum atomic E-state index is 0.800. The molecule has 0 radical (unpaired) electrons. The molecule has 0 aliphatic heterocycles. The summed E-state index contributed by atoms with van der Waals surface area (Å²) in [5.41, 5.74) is 11.0. The number of thiazole rings is 1. The summed E-state index contributed by atoms with van der Waals surface area (Å²) in [6.07, 6.45) is 1.98. The van der Waals surface area contributed by atoms with Crippen molar-refractivity contribution in [3.05, 3.63) is 21.8 Å². The topological polar surface area (TPSA) is 60.0 Å². The quantitative estimate of drug-likeness (QED) is 0.912. The van der Waals surface area contributed by atoms with Crippen LogP contribution in [0.15, 0.2) is 5.51 Å². The lowest BCUT2D eigenvalue weighted by atomic mass is 10.2. The fraction of sp³-hybridized carbons (Fsp3) is 0.538. The first-order valence-corrected chi connectivity index (χ1v) is 7.34. The molecule has 0 aliphatic carbocycles. The van der Waals surface area contributed by atoms with E-state index in [0.717, 1.165) is 42.3 Å². The molecule has 0 aromatic carbocycles. The Morgan fingerprint density at radius 2 is 2.21 bits per heavy atom. The molecule has 19 heavy (non-hydrogen) atoms. The minimum Gasteiger partial charge on any atom is -0.394 e. The number of nitrogens with two attached hydrogens (primary N) is 1. The molecule has 0 saturated heterocycles. The Balaban J connectivity index is 2.24. The second kappa shape index (κ2) is 5.61. The lowest BCUT2D eigenvalue weighted by Gasteiger charge is -2.19. The first kappa shape index (κ1) is 13.9. The Labute approximate surface area is 118 Å². The molecular formula is C13H21N5S. The fourth-order valence-electron chi connectivity index (χ4n) is 2.23. The number of anilines is 2. The lowest BCUT2D eigenvalue weighted by Crippen LogP contribution is -2.20. The van der Waals surface area contributed by atoms with Gasteiger partial charge < -0.3 is 10.6 Å². The standard InChI is InChI=1S/C13H21N5S/c1-5-6-10-12(14)13(18(4)16-10)17(3)7-11-9(2)15-8-19-11/h8H,5-7,14H2,1-4H3. The molecule has 2 aromatic heterocycles. The van der Waals surface area contributed by atoms with Crippen LogP contribution in [0.4, 0.5) is 11.5 Å². The number of nitrogen functional groups attached to an aromatic ring is 1. The van der Waals surface area contributed by atoms with Crippen LogP contribution >= 0.6 is 11.3 Å². The van der Waals surface area contributed by atoms with Crippen LogP contribution in [0, 0.1) is 6.92 Å². The van der Waals surface area contributed by atoms with Crippen LogP contribution in [0.25, 0.3) is 0 Å². The zero-order valence-corrected chi connectivity index (χ0v) is 12.8. The highest BCUT2D eigenvalue weighted by atomic mass is 32.1. The van der Waals surface area contributed by atoms with E-state index in [-0.39, 0.29) is 0 Å². The van der Waals surface area contributed by atoms with Gasteiger partial charge in [0, 0.05) is 19.0 Å². The van der Waals surface area contributed by atoms with Crippen LogP contribution in [0.3, 0.4) is 0 Å². The molecular weight excluding hydrogens is 258 g/mol. The molecule has 104 valence electrons. The predicted molar refractivity (Wildman–Crippen MR) is 80.6 cm³/mol. The molecule has 2 N–H and O–H groups in total. The highest BCUT2D eigenvalue weighted by Crippen LogP contribution is 2.28. The van der Waals surface area contributed by atoms with E-state index in [0.29, 0.717) is 0 Å². The summed E-state index contributed by atoms with van der Waals surface area (Å²) in [5.74, 6) is 0.983. The summed E-state index contributed by atoms with van der Waals surface area (Å²) in [4.78, 5) is 7.69. The average molecular weight is 279 g/mol. The third-order valence-corrected chi connectivity index (χ3v) is 4.12. The number of hydrogen-bond acceptors (Lipinski definition) is 5. The summed E-state index contributed by atoms with van der Waals surface area (Å²) in [6.45, 7) is 4.98. The molecule has 0 unspecified atom stereocenters. The third-order valence-electron chi connectivity index (χ3n) is 3.20. The minimum absolute atomic E-state index is 0.800. The monoisotopic (exact) mass is 279 g/mol. The maximum absolute atomic E-state index is 6.22. The number of rotatable bonds is 5. The van der Waals surface area contributed by atoms with E-state index in [9.17, 15) is 0 Å². The zero-order valence-electron chi connectivity index (χ0n) is 12.0. The summed E-state index contributed by atoms with van der Waals surface area (Å²) in [6, 6.07) is 0. The van der Waals surface area contributed by atoms with E-state index in [4.69, 9.17) is 5.73 Å². The summed E-state index contributed by atoms with van der Waals surface area (Å²) in [7, 11) is 3.99. The van der Waals surface area contributed by atoms with E-state index >= 15 is 0 Å². The van der Waals surface area contributed by atoms with Crippen molar-refractivity contribution in [3.8, 4) is 0 Å². The van der Waals surface area contributed by atoms with Gasteiger partial charge in [0.1, 0.15) is 5.82 Å². The largest absolute Gasteiger partial charge is 0.394 e. The van der Waals surface area contributed by atoms with Gasteiger partial charge in [0.15, 0.2) is 0 Å². The van der Waals surface area contributed by atoms with Crippen molar-refractivity contribution in [2.75, 3.05) is 17.7 Å². The van der Waals surface area contributed by atoms with Gasteiger partial charge in [-0.1, -0.05) is 13.3 Å². The first-order chi connectivity index (χ1) is 9.04. The Morgan fingerprint density at radius 3 is 2.79 bits per heavy atom. The van der Waals surface area contributed by atoms with Crippen molar-refractivity contribution in [1.82, 2.24) is 14.8 Å². The summed E-state index contributed by atoms with van der Waals surface area (Å²) < 4.78 is 1.87. The SMILES string of the molecule is CCCc1nn(C)c(N(C)Cc2scnc2C)c1N. The summed E-state index contributed by atoms with van der Waals surface area (Å²) >= 11 is 1.68. The first-order valence-electron chi connectivity index (χ1n) is 6.46. The number of nitrogens with zero attached hydrogens (tertiary/aromatic N) is 4. The van der Waals surface area contributed by atoms with Crippen LogP contribution in [0.1, 0.15) is 29.6 Å². The molecule has 0 fully saturated rings. The molecule has 2 aromatic rings. The van der Waals surface area contributed by atoms with Gasteiger partial charge in [-0.2, -0.15) is 5.10 Å². The van der Waals surface area contributed by atoms with Gasteiger partial charge in [-0.25, -0.2) is 4.98 Å². The van der Waals surface area contributed by atoms with E-state index in [1.165, 1.54) is 4.88 Å². The highest BCUT2D eigenvalue weighted by molar-refractivity contribution is 7.09. The third kappa shape index (κ3) is 2.73. The van der Waals surface area contributed by atoms with Gasteiger partial charge in [0.2, 0.25) is 0 Å². The zero-order chi connectivity index (χ0) is 14.0. The van der Waals surface area contributed by atoms with Gasteiger partial charge in [-0.3, -0.25) is 4.68 Å². The van der Waals surface area contributed by atoms with Crippen molar-refractivity contribution >= 4 is 22.8 Å². The van der Waals surface area contributed by atoms with Crippen LogP contribution in [0.2, 0.25) is 0 Å². The summed E-state index contributed by atoms with van der Waals surface area (Å²) in [5, 5.41) is 4.51. The fourth-order valence-corrected chi connectivity index (χ4v) is 3.06. The Hall–Kier alpha value is -1.56. The van der Waals surface area contributed by atoms with E-state index in [2.05, 4.69) is 21.9 Å². The van der Waals surface area contributed by atoms with Crippen LogP contribution < -0.4 is 10.6 Å². The average Bonchev–Trinajstić information content (AvgIpc) is 2.85. The number of hydrogen-bond donors (Lipinski definition) is 1. The highest BCUT2D eigenvalue weighted by Gasteiger charge is 2.17. The molecule has 0 spiro atoms. The molecule has 5 nitrogen and oxygen atoms in total. The van der Waals surface area contributed by atoms with Crippen LogP contribution in [0.5, 0.6) is 0 Å². The maximum atomic E-state index is 6.22. The number of aryl methyl sites for hydroxylation is 3. The van der Waals surface area contributed by atoms with Gasteiger partial charge in [-0.15, -0.1) is 11.3 Å². The van der Waals surface area contributed by atoms with Crippen molar-refractivity contribution in [3.63, 3.8) is 0 Å². The molecule has 0 atom stereocenters. The molecule has 0 bridgehead atoms. The van der Waals surface area contributed by atoms with Crippen molar-refractivity contribution in [2.24, 2.45) is 7.05 Å². The van der Waals surface area contributed by atoms with Gasteiger partial charge in [-0.05, 0) is 13.3 Å². The second-order valence-corrected chi connectivity index (χ2v) is 5.71. The lowest BCUT2D eigenvalue weighted by molar-refractivity contribution is 0.713. The molecule has 6 heteroatoms. The molecule has 0 saturated carbocycles. The van der Waals surface area contributed by atoms with Crippen LogP contribution in [-0.2, 0) is 20.0 Å². The van der Waals surface area contributed by atoms with Crippen molar-refractivity contribution < 1.29 is 0 Å². The van der Waals surface area contributed by atoms with Gasteiger partial charge >= 0.3 is 0 Å². The second-order valence-electron chi connectivity index (χ2n) is 4.77. The van der Waals surface area contributed by atoms with Crippen molar-refractivity contribution in [2.45, 2.75) is 33.2 Å². The molecule has 2 heterocycles. The predicted octanol–water partition coefficient (Wildman–Crippen LogP) is 2.36. The Bertz CT molecular complexity index is 557. The maximum Gasteiger partial charge on any atom is 0.150 e. The van der Waals surface area contributed by atoms with E-state index in [1.807, 2.05) is 31.2 Å². The van der Waals surface area contributed by atoms with Crippen molar-refractivity contribution in [1.29, 1.82) is 0 Å². The normalized spacial score (nSPS) is 10.9. The van der Waals surface area contributed by atoms with Gasteiger partial charge in [0.25, 0.3) is 0 Å².